The van der Waals surface area contributed by atoms with E-state index in [1.165, 1.54) is 6.21 Å². The number of benzene rings is 3. The van der Waals surface area contributed by atoms with Gasteiger partial charge >= 0.3 is 0 Å². The molecule has 0 aliphatic heterocycles. The molecule has 0 saturated heterocycles. The molecule has 0 heterocycles. The third-order valence-electron chi connectivity index (χ3n) is 4.84. The number of hydrazone groups is 1. The van der Waals surface area contributed by atoms with Gasteiger partial charge in [-0.25, -0.2) is 5.43 Å². The van der Waals surface area contributed by atoms with Crippen molar-refractivity contribution in [1.82, 2.24) is 5.43 Å². The fraction of sp³-hybridized carbons (Fsp3) is 0.185. The highest BCUT2D eigenvalue weighted by molar-refractivity contribution is 5.93. The zero-order chi connectivity index (χ0) is 24.9. The minimum atomic E-state index is -0.362. The Labute approximate surface area is 204 Å². The van der Waals surface area contributed by atoms with Crippen LogP contribution in [0.4, 0.5) is 5.69 Å². The zero-order valence-corrected chi connectivity index (χ0v) is 19.4. The Morgan fingerprint density at radius 1 is 0.914 bits per heavy atom. The molecule has 0 aromatic heterocycles. The molecule has 8 nitrogen and oxygen atoms in total. The lowest BCUT2D eigenvalue weighted by Gasteiger charge is -2.07. The van der Waals surface area contributed by atoms with Crippen LogP contribution in [0.15, 0.2) is 77.9 Å². The summed E-state index contributed by atoms with van der Waals surface area (Å²) >= 11 is 0. The molecular weight excluding hydrogens is 444 g/mol. The maximum atomic E-state index is 12.0. The number of carbonyl (C=O) groups is 2. The number of rotatable bonds is 11. The van der Waals surface area contributed by atoms with E-state index in [2.05, 4.69) is 21.9 Å². The van der Waals surface area contributed by atoms with Crippen LogP contribution in [0.5, 0.6) is 11.5 Å². The van der Waals surface area contributed by atoms with Gasteiger partial charge in [0.15, 0.2) is 0 Å². The van der Waals surface area contributed by atoms with Crippen LogP contribution in [-0.4, -0.2) is 24.6 Å². The van der Waals surface area contributed by atoms with Gasteiger partial charge in [-0.1, -0.05) is 18.2 Å². The Balaban J connectivity index is 1.38. The molecule has 0 saturated carbocycles. The van der Waals surface area contributed by atoms with Crippen LogP contribution in [0, 0.1) is 11.3 Å². The molecule has 2 N–H and O–H groups in total. The Kier molecular flexibility index (Phi) is 9.40. The lowest BCUT2D eigenvalue weighted by molar-refractivity contribution is -0.124. The van der Waals surface area contributed by atoms with Gasteiger partial charge in [0.1, 0.15) is 18.1 Å². The fourth-order valence-corrected chi connectivity index (χ4v) is 3.05. The maximum Gasteiger partial charge on any atom is 0.240 e. The molecular formula is C27H26N4O4. The van der Waals surface area contributed by atoms with E-state index in [4.69, 9.17) is 14.7 Å². The summed E-state index contributed by atoms with van der Waals surface area (Å²) < 4.78 is 11.1. The third-order valence-corrected chi connectivity index (χ3v) is 4.84. The highest BCUT2D eigenvalue weighted by Gasteiger charge is 2.07. The van der Waals surface area contributed by atoms with Gasteiger partial charge in [0, 0.05) is 24.1 Å². The summed E-state index contributed by atoms with van der Waals surface area (Å²) in [6.07, 6.45) is 1.55. The lowest BCUT2D eigenvalue weighted by atomic mass is 10.1. The molecule has 0 aliphatic rings. The minimum absolute atomic E-state index is 0.0111. The number of nitriles is 1. The summed E-state index contributed by atoms with van der Waals surface area (Å²) in [4.78, 5) is 24.0. The van der Waals surface area contributed by atoms with Crippen molar-refractivity contribution in [2.75, 3.05) is 11.9 Å². The molecule has 0 radical (unpaired) electrons. The van der Waals surface area contributed by atoms with E-state index in [0.29, 0.717) is 30.2 Å². The predicted molar refractivity (Wildman–Crippen MR) is 133 cm³/mol. The molecule has 2 amide bonds. The second kappa shape index (κ2) is 13.2. The first-order chi connectivity index (χ1) is 17.1. The van der Waals surface area contributed by atoms with Crippen molar-refractivity contribution in [2.45, 2.75) is 26.4 Å². The summed E-state index contributed by atoms with van der Waals surface area (Å²) in [7, 11) is 0. The van der Waals surface area contributed by atoms with Crippen molar-refractivity contribution in [3.8, 4) is 17.6 Å². The third kappa shape index (κ3) is 8.33. The molecule has 0 aliphatic carbocycles. The van der Waals surface area contributed by atoms with Crippen molar-refractivity contribution in [3.63, 3.8) is 0 Å². The van der Waals surface area contributed by atoms with Crippen molar-refractivity contribution >= 4 is 23.7 Å². The Hall–Kier alpha value is -4.64. The van der Waals surface area contributed by atoms with Crippen LogP contribution in [0.25, 0.3) is 0 Å². The van der Waals surface area contributed by atoms with Crippen molar-refractivity contribution in [1.29, 1.82) is 5.26 Å². The summed E-state index contributed by atoms with van der Waals surface area (Å²) in [5.74, 6) is 0.754. The van der Waals surface area contributed by atoms with Gasteiger partial charge < -0.3 is 14.8 Å². The maximum absolute atomic E-state index is 12.0. The standard InChI is InChI=1S/C27H26N4O4/c1-2-34-24-13-9-23(10-14-24)30-26(32)15-16-27(33)31-29-18-20-7-11-25(12-8-20)35-19-22-6-4-3-5-21(22)17-28/h3-14,18H,2,15-16,19H2,1H3,(H,30,32)(H,31,33). The molecule has 0 bridgehead atoms. The van der Waals surface area contributed by atoms with E-state index >= 15 is 0 Å². The zero-order valence-electron chi connectivity index (χ0n) is 19.4. The topological polar surface area (TPSA) is 113 Å². The number of hydrogen-bond donors (Lipinski definition) is 2. The fourth-order valence-electron chi connectivity index (χ4n) is 3.05. The predicted octanol–water partition coefficient (Wildman–Crippen LogP) is 4.40. The smallest absolute Gasteiger partial charge is 0.240 e. The van der Waals surface area contributed by atoms with E-state index in [0.717, 1.165) is 16.9 Å². The van der Waals surface area contributed by atoms with Gasteiger partial charge in [0.25, 0.3) is 0 Å². The van der Waals surface area contributed by atoms with E-state index < -0.39 is 0 Å². The highest BCUT2D eigenvalue weighted by atomic mass is 16.5. The molecule has 0 fully saturated rings. The summed E-state index contributed by atoms with van der Waals surface area (Å²) in [6.45, 7) is 2.76. The second-order valence-electron chi connectivity index (χ2n) is 7.43. The van der Waals surface area contributed by atoms with Gasteiger partial charge in [-0.2, -0.15) is 10.4 Å². The lowest BCUT2D eigenvalue weighted by Crippen LogP contribution is -2.20. The second-order valence-corrected chi connectivity index (χ2v) is 7.43. The van der Waals surface area contributed by atoms with E-state index in [1.54, 1.807) is 54.6 Å². The Morgan fingerprint density at radius 2 is 1.57 bits per heavy atom. The molecule has 35 heavy (non-hydrogen) atoms. The van der Waals surface area contributed by atoms with Crippen LogP contribution in [0.1, 0.15) is 36.5 Å². The van der Waals surface area contributed by atoms with Crippen molar-refractivity contribution in [3.05, 3.63) is 89.5 Å². The average Bonchev–Trinajstić information content (AvgIpc) is 2.88. The molecule has 0 atom stereocenters. The number of nitrogens with zero attached hydrogens (tertiary/aromatic N) is 2. The number of nitrogens with one attached hydrogen (secondary N) is 2. The summed E-state index contributed by atoms with van der Waals surface area (Å²) in [6, 6.07) is 23.6. The number of ether oxygens (including phenoxy) is 2. The van der Waals surface area contributed by atoms with Gasteiger partial charge in [-0.3, -0.25) is 9.59 Å². The first kappa shape index (κ1) is 25.0. The van der Waals surface area contributed by atoms with E-state index in [-0.39, 0.29) is 24.7 Å². The van der Waals surface area contributed by atoms with Crippen LogP contribution in [-0.2, 0) is 16.2 Å². The quantitative estimate of drug-likeness (QED) is 0.318. The van der Waals surface area contributed by atoms with Crippen LogP contribution >= 0.6 is 0 Å². The SMILES string of the molecule is CCOc1ccc(NC(=O)CCC(=O)NN=Cc2ccc(OCc3ccccc3C#N)cc2)cc1. The van der Waals surface area contributed by atoms with Gasteiger partial charge in [-0.15, -0.1) is 0 Å². The number of hydrogen-bond acceptors (Lipinski definition) is 6. The molecule has 8 heteroatoms. The van der Waals surface area contributed by atoms with Crippen LogP contribution in [0.2, 0.25) is 0 Å². The van der Waals surface area contributed by atoms with Gasteiger partial charge in [-0.05, 0) is 67.1 Å². The molecule has 0 spiro atoms. The van der Waals surface area contributed by atoms with Crippen LogP contribution in [0.3, 0.4) is 0 Å². The number of carbonyl (C=O) groups excluding carboxylic acids is 2. The summed E-state index contributed by atoms with van der Waals surface area (Å²) in [5, 5.41) is 15.8. The van der Waals surface area contributed by atoms with E-state index in [1.807, 2.05) is 25.1 Å². The van der Waals surface area contributed by atoms with Gasteiger partial charge in [0.05, 0.1) is 24.5 Å². The van der Waals surface area contributed by atoms with Crippen molar-refractivity contribution < 1.29 is 19.1 Å². The largest absolute Gasteiger partial charge is 0.494 e. The highest BCUT2D eigenvalue weighted by Crippen LogP contribution is 2.17. The Bertz CT molecular complexity index is 1200. The molecule has 3 aromatic carbocycles. The normalized spacial score (nSPS) is 10.4. The van der Waals surface area contributed by atoms with Crippen molar-refractivity contribution in [2.24, 2.45) is 5.10 Å². The monoisotopic (exact) mass is 470 g/mol. The first-order valence-corrected chi connectivity index (χ1v) is 11.1. The van der Waals surface area contributed by atoms with Crippen LogP contribution < -0.4 is 20.2 Å². The molecule has 3 aromatic rings. The molecule has 0 unspecified atom stereocenters. The minimum Gasteiger partial charge on any atom is -0.494 e. The molecule has 178 valence electrons. The number of amides is 2. The number of anilines is 1. The van der Waals surface area contributed by atoms with Gasteiger partial charge in [0.2, 0.25) is 11.8 Å². The first-order valence-electron chi connectivity index (χ1n) is 11.1. The van der Waals surface area contributed by atoms with E-state index in [9.17, 15) is 9.59 Å². The average molecular weight is 471 g/mol. The Morgan fingerprint density at radius 3 is 2.29 bits per heavy atom. The molecule has 3 rings (SSSR count). The summed E-state index contributed by atoms with van der Waals surface area (Å²) in [5.41, 5.74) is 5.22.